The monoisotopic (exact) mass is 814 g/mol. The molecule has 43 heavy (non-hydrogen) atoms. The summed E-state index contributed by atoms with van der Waals surface area (Å²) in [6, 6.07) is 60.5. The van der Waals surface area contributed by atoms with Crippen LogP contribution in [0, 0.1) is 0 Å². The van der Waals surface area contributed by atoms with Crippen LogP contribution in [0.3, 0.4) is 0 Å². The maximum absolute atomic E-state index is 4.81. The quantitative estimate of drug-likeness (QED) is 0.0682. The van der Waals surface area contributed by atoms with Crippen LogP contribution >= 0.6 is 58.1 Å². The molecule has 0 aliphatic rings. The molecule has 0 N–H and O–H groups in total. The molecule has 0 unspecified atom stereocenters. The Balaban J connectivity index is 0.000000249. The van der Waals surface area contributed by atoms with Gasteiger partial charge in [-0.2, -0.15) is 12.1 Å². The second-order valence-corrected chi connectivity index (χ2v) is 16.1. The minimum absolute atomic E-state index is 0. The van der Waals surface area contributed by atoms with Crippen molar-refractivity contribution in [2.75, 3.05) is 5.34 Å². The number of rotatable bonds is 6. The molecule has 6 aromatic rings. The summed E-state index contributed by atoms with van der Waals surface area (Å²) in [5.74, 6) is 0. The third-order valence-corrected chi connectivity index (χ3v) is 10.8. The van der Waals surface area contributed by atoms with E-state index >= 15 is 0 Å². The van der Waals surface area contributed by atoms with Crippen LogP contribution < -0.4 is 31.8 Å². The Hall–Kier alpha value is -1.22. The second-order valence-electron chi connectivity index (χ2n) is 8.45. The van der Waals surface area contributed by atoms with Crippen LogP contribution in [0.25, 0.3) is 0 Å². The molecule has 6 rings (SSSR count). The first-order chi connectivity index (χ1) is 20.7. The summed E-state index contributed by atoms with van der Waals surface area (Å²) >= 11 is 9.42. The van der Waals surface area contributed by atoms with Crippen LogP contribution in [0.4, 0.5) is 0 Å². The smallest absolute Gasteiger partial charge is 0 e. The largest absolute Gasteiger partial charge is 0.747 e. The van der Waals surface area contributed by atoms with E-state index in [0.717, 1.165) is 0 Å². The van der Waals surface area contributed by atoms with E-state index in [4.69, 9.17) is 42.3 Å². The predicted molar refractivity (Wildman–Crippen MR) is 190 cm³/mol. The van der Waals surface area contributed by atoms with Gasteiger partial charge < -0.3 is 29.6 Å². The molecule has 0 nitrogen and oxygen atoms in total. The predicted octanol–water partition coefficient (Wildman–Crippen LogP) is 9.12. The molecule has 0 saturated carbocycles. The molecule has 0 atom stereocenters. The van der Waals surface area contributed by atoms with Crippen molar-refractivity contribution in [2.24, 2.45) is 0 Å². The maximum Gasteiger partial charge on any atom is 0 e. The third kappa shape index (κ3) is 13.0. The van der Waals surface area contributed by atoms with E-state index in [2.05, 4.69) is 170 Å². The van der Waals surface area contributed by atoms with Gasteiger partial charge in [0.15, 0.2) is 0 Å². The van der Waals surface area contributed by atoms with Gasteiger partial charge in [0.05, 0.1) is 5.34 Å². The van der Waals surface area contributed by atoms with Gasteiger partial charge in [-0.1, -0.05) is 140 Å². The fraction of sp³-hybridized carbons (Fsp3) is 0.0286. The van der Waals surface area contributed by atoms with E-state index in [1.807, 2.05) is 0 Å². The molecule has 0 saturated heterocycles. The SMILES string of the molecule is ClCCl.[Cl][Pd][Cl].[Fe].c1ccc(P(c2ccccc2)[c-]2[cH-][cH-][cH-][cH-]2)cc1.c1ccc(P(c2ccccc2)[c-]2cccc2)cc1. The summed E-state index contributed by atoms with van der Waals surface area (Å²) in [7, 11) is 8.81. The Kier molecular flexibility index (Phi) is 20.5. The van der Waals surface area contributed by atoms with Gasteiger partial charge in [0, 0.05) is 17.1 Å². The molecule has 0 radical (unpaired) electrons. The van der Waals surface area contributed by atoms with E-state index in [0.29, 0.717) is 0 Å². The van der Waals surface area contributed by atoms with Crippen LogP contribution in [-0.2, 0) is 33.0 Å². The Morgan fingerprint density at radius 3 is 1.09 bits per heavy atom. The normalized spacial score (nSPS) is 9.91. The van der Waals surface area contributed by atoms with Gasteiger partial charge in [0.1, 0.15) is 0 Å². The van der Waals surface area contributed by atoms with Crippen molar-refractivity contribution in [3.63, 3.8) is 0 Å². The second kappa shape index (κ2) is 23.2. The number of benzene rings is 4. The Labute approximate surface area is 295 Å². The molecule has 0 aliphatic carbocycles. The van der Waals surface area contributed by atoms with Gasteiger partial charge >= 0.3 is 35.0 Å². The zero-order chi connectivity index (χ0) is 29.8. The molecule has 0 aliphatic heterocycles. The average molecular weight is 817 g/mol. The van der Waals surface area contributed by atoms with Gasteiger partial charge in [0.2, 0.25) is 0 Å². The molecular formula is C35H30Cl4FeP2Pd-6. The minimum Gasteiger partial charge on any atom is -0.747 e. The maximum atomic E-state index is 4.81. The summed E-state index contributed by atoms with van der Waals surface area (Å²) in [4.78, 5) is 0. The van der Waals surface area contributed by atoms with Crippen molar-refractivity contribution in [3.05, 3.63) is 170 Å². The Morgan fingerprint density at radius 1 is 0.512 bits per heavy atom. The topological polar surface area (TPSA) is 0 Å². The fourth-order valence-electron chi connectivity index (χ4n) is 4.23. The summed E-state index contributed by atoms with van der Waals surface area (Å²) < 4.78 is 0. The van der Waals surface area contributed by atoms with E-state index in [1.165, 1.54) is 31.8 Å². The first-order valence-corrected chi connectivity index (χ1v) is 20.7. The summed E-state index contributed by atoms with van der Waals surface area (Å²) in [6.45, 7) is 0. The Bertz CT molecular complexity index is 1260. The fourth-order valence-corrected chi connectivity index (χ4v) is 8.84. The standard InChI is InChI=1S/2C17H14P.CH2Cl2.2ClH.Fe.Pd/c2*1-3-9-15(10-4-1)18(17-13-7-8-14-17)16-11-5-2-6-12-16;2-1-3;;;;/h2*1-14H;1H2;2*1H;;/q-5;-1;;;;;+2/p-2. The van der Waals surface area contributed by atoms with Gasteiger partial charge in [-0.25, -0.2) is 20.1 Å². The molecule has 0 spiro atoms. The number of halogens is 4. The zero-order valence-corrected chi connectivity index (χ0v) is 30.4. The van der Waals surface area contributed by atoms with Crippen LogP contribution in [0.1, 0.15) is 0 Å². The van der Waals surface area contributed by atoms with Gasteiger partial charge in [-0.05, 0) is 10.6 Å². The Morgan fingerprint density at radius 2 is 0.791 bits per heavy atom. The molecule has 0 aromatic heterocycles. The summed E-state index contributed by atoms with van der Waals surface area (Å²) in [5, 5.41) is 8.66. The van der Waals surface area contributed by atoms with Crippen LogP contribution in [0.2, 0.25) is 0 Å². The number of alkyl halides is 2. The van der Waals surface area contributed by atoms with Gasteiger partial charge in [-0.3, -0.25) is 0 Å². The summed E-state index contributed by atoms with van der Waals surface area (Å²) in [6.07, 6.45) is 0. The van der Waals surface area contributed by atoms with Crippen LogP contribution in [0.5, 0.6) is 0 Å². The van der Waals surface area contributed by atoms with E-state index < -0.39 is 15.8 Å². The first-order valence-electron chi connectivity index (χ1n) is 12.9. The zero-order valence-electron chi connectivity index (χ0n) is 22.9. The van der Waals surface area contributed by atoms with Gasteiger partial charge in [-0.15, -0.1) is 28.5 Å². The molecule has 0 amide bonds. The first kappa shape index (κ1) is 38.0. The molecule has 232 valence electrons. The minimum atomic E-state index is -0.409. The van der Waals surface area contributed by atoms with Crippen molar-refractivity contribution in [2.45, 2.75) is 0 Å². The molecule has 6 aromatic carbocycles. The van der Waals surface area contributed by atoms with E-state index in [-0.39, 0.29) is 38.3 Å². The van der Waals surface area contributed by atoms with Crippen molar-refractivity contribution < 1.29 is 33.0 Å². The van der Waals surface area contributed by atoms with Crippen LogP contribution in [0.15, 0.2) is 170 Å². The van der Waals surface area contributed by atoms with Crippen LogP contribution in [-0.4, -0.2) is 5.34 Å². The van der Waals surface area contributed by atoms with Crippen molar-refractivity contribution in [1.29, 1.82) is 0 Å². The van der Waals surface area contributed by atoms with E-state index in [1.54, 1.807) is 0 Å². The van der Waals surface area contributed by atoms with E-state index in [9.17, 15) is 0 Å². The molecule has 0 heterocycles. The molecule has 0 fully saturated rings. The number of hydrogen-bond donors (Lipinski definition) is 0. The molecule has 0 bridgehead atoms. The average Bonchev–Trinajstić information content (AvgIpc) is 3.77. The van der Waals surface area contributed by atoms with Crippen molar-refractivity contribution in [1.82, 2.24) is 0 Å². The van der Waals surface area contributed by atoms with Crippen molar-refractivity contribution in [3.8, 4) is 0 Å². The third-order valence-electron chi connectivity index (χ3n) is 5.86. The van der Waals surface area contributed by atoms with Crippen molar-refractivity contribution >= 4 is 89.9 Å². The molecule has 8 heteroatoms. The number of hydrogen-bond acceptors (Lipinski definition) is 0. The van der Waals surface area contributed by atoms with Gasteiger partial charge in [0.25, 0.3) is 0 Å². The summed E-state index contributed by atoms with van der Waals surface area (Å²) in [5.41, 5.74) is 0. The molecular weight excluding hydrogens is 786 g/mol.